The Morgan fingerprint density at radius 1 is 1.47 bits per heavy atom. The zero-order valence-electron chi connectivity index (χ0n) is 9.75. The highest BCUT2D eigenvalue weighted by Crippen LogP contribution is 2.34. The van der Waals surface area contributed by atoms with Crippen LogP contribution >= 0.6 is 0 Å². The van der Waals surface area contributed by atoms with E-state index >= 15 is 0 Å². The summed E-state index contributed by atoms with van der Waals surface area (Å²) in [6.07, 6.45) is 0. The van der Waals surface area contributed by atoms with Gasteiger partial charge in [0.05, 0.1) is 10.5 Å². The number of H-pyrrole nitrogens is 1. The molecule has 0 atom stereocenters. The van der Waals surface area contributed by atoms with Crippen LogP contribution in [-0.2, 0) is 0 Å². The van der Waals surface area contributed by atoms with Crippen molar-refractivity contribution in [3.05, 3.63) is 33.5 Å². The van der Waals surface area contributed by atoms with Crippen LogP contribution in [0.4, 0.5) is 5.69 Å². The van der Waals surface area contributed by atoms with Gasteiger partial charge in [0.2, 0.25) is 0 Å². The summed E-state index contributed by atoms with van der Waals surface area (Å²) in [4.78, 5) is 21.4. The van der Waals surface area contributed by atoms with Crippen LogP contribution in [0.3, 0.4) is 0 Å². The maximum Gasteiger partial charge on any atom is 0.273 e. The number of aromatic amines is 1. The van der Waals surface area contributed by atoms with E-state index in [4.69, 9.17) is 5.73 Å². The molecule has 2 rings (SSSR count). The van der Waals surface area contributed by atoms with Crippen molar-refractivity contribution in [2.75, 3.05) is 0 Å². The minimum Gasteiger partial charge on any atom is -0.507 e. The van der Waals surface area contributed by atoms with E-state index in [9.17, 15) is 20.0 Å². The van der Waals surface area contributed by atoms with Crippen LogP contribution in [-0.4, -0.2) is 31.3 Å². The molecule has 1 aromatic carbocycles. The Balaban J connectivity index is 2.68. The van der Waals surface area contributed by atoms with Gasteiger partial charge in [-0.1, -0.05) is 0 Å². The molecular weight excluding hydrogens is 254 g/mol. The maximum absolute atomic E-state index is 11.1. The predicted octanol–water partition coefficient (Wildman–Crippen LogP) is 0.493. The van der Waals surface area contributed by atoms with E-state index in [1.165, 1.54) is 13.0 Å². The molecular formula is C10H9N5O4. The van der Waals surface area contributed by atoms with E-state index in [0.29, 0.717) is 0 Å². The van der Waals surface area contributed by atoms with Gasteiger partial charge in [-0.3, -0.25) is 14.9 Å². The first kappa shape index (κ1) is 12.5. The van der Waals surface area contributed by atoms with Crippen LogP contribution in [0, 0.1) is 17.0 Å². The number of hydrogen-bond donors (Lipinski definition) is 3. The minimum atomic E-state index is -0.855. The average Bonchev–Trinajstić information content (AvgIpc) is 2.77. The molecule has 0 radical (unpaired) electrons. The van der Waals surface area contributed by atoms with Crippen LogP contribution in [0.15, 0.2) is 12.1 Å². The topological polar surface area (TPSA) is 148 Å². The van der Waals surface area contributed by atoms with E-state index in [2.05, 4.69) is 15.4 Å². The number of phenolic OH excluding ortho intramolecular Hbond substituents is 1. The molecule has 0 saturated carbocycles. The molecule has 0 aliphatic carbocycles. The van der Waals surface area contributed by atoms with Crippen molar-refractivity contribution in [3.8, 4) is 17.0 Å². The molecule has 0 aliphatic heterocycles. The lowest BCUT2D eigenvalue weighted by Gasteiger charge is -2.04. The molecule has 19 heavy (non-hydrogen) atoms. The number of nitrogens with two attached hydrogens (primary N) is 1. The van der Waals surface area contributed by atoms with Crippen LogP contribution in [0.25, 0.3) is 11.3 Å². The van der Waals surface area contributed by atoms with Gasteiger partial charge >= 0.3 is 0 Å². The van der Waals surface area contributed by atoms with E-state index in [1.807, 2.05) is 0 Å². The first-order valence-electron chi connectivity index (χ1n) is 5.10. The van der Waals surface area contributed by atoms with Gasteiger partial charge in [-0.05, 0) is 13.0 Å². The highest BCUT2D eigenvalue weighted by molar-refractivity contribution is 5.97. The van der Waals surface area contributed by atoms with E-state index < -0.39 is 10.8 Å². The number of aromatic hydroxyl groups is 1. The van der Waals surface area contributed by atoms with Crippen LogP contribution < -0.4 is 5.73 Å². The average molecular weight is 263 g/mol. The zero-order valence-corrected chi connectivity index (χ0v) is 9.75. The van der Waals surface area contributed by atoms with Gasteiger partial charge in [0, 0.05) is 11.6 Å². The Labute approximate surface area is 106 Å². The number of benzene rings is 1. The lowest BCUT2D eigenvalue weighted by molar-refractivity contribution is -0.385. The molecule has 4 N–H and O–H groups in total. The van der Waals surface area contributed by atoms with Gasteiger partial charge < -0.3 is 10.8 Å². The summed E-state index contributed by atoms with van der Waals surface area (Å²) in [5.41, 5.74) is 4.96. The molecule has 1 aromatic heterocycles. The van der Waals surface area contributed by atoms with Gasteiger partial charge in [0.15, 0.2) is 5.69 Å². The summed E-state index contributed by atoms with van der Waals surface area (Å²) < 4.78 is 0. The van der Waals surface area contributed by atoms with Gasteiger partial charge in [0.25, 0.3) is 11.6 Å². The SMILES string of the molecule is Cc1cc(O)c(-c2n[nH]nc2C(N)=O)cc1[N+](=O)[O-]. The Hall–Kier alpha value is -2.97. The third kappa shape index (κ3) is 2.08. The number of nitro benzene ring substituents is 1. The highest BCUT2D eigenvalue weighted by atomic mass is 16.6. The summed E-state index contributed by atoms with van der Waals surface area (Å²) in [6.45, 7) is 1.49. The number of primary amides is 1. The molecule has 2 aromatic rings. The van der Waals surface area contributed by atoms with Crippen molar-refractivity contribution in [1.82, 2.24) is 15.4 Å². The minimum absolute atomic E-state index is 0.0138. The van der Waals surface area contributed by atoms with Crippen molar-refractivity contribution < 1.29 is 14.8 Å². The number of amides is 1. The number of aromatic nitrogens is 3. The molecule has 1 amide bonds. The van der Waals surface area contributed by atoms with Crippen molar-refractivity contribution >= 4 is 11.6 Å². The van der Waals surface area contributed by atoms with E-state index in [0.717, 1.165) is 6.07 Å². The van der Waals surface area contributed by atoms with Crippen LogP contribution in [0.1, 0.15) is 16.1 Å². The Morgan fingerprint density at radius 2 is 2.16 bits per heavy atom. The first-order chi connectivity index (χ1) is 8.91. The number of carbonyl (C=O) groups is 1. The number of hydrogen-bond acceptors (Lipinski definition) is 6. The number of carbonyl (C=O) groups excluding carboxylic acids is 1. The number of nitrogens with one attached hydrogen (secondary N) is 1. The fourth-order valence-electron chi connectivity index (χ4n) is 1.66. The number of nitro groups is 1. The smallest absolute Gasteiger partial charge is 0.273 e. The maximum atomic E-state index is 11.1. The summed E-state index contributed by atoms with van der Waals surface area (Å²) in [6, 6.07) is 2.34. The quantitative estimate of drug-likeness (QED) is 0.542. The van der Waals surface area contributed by atoms with E-state index in [-0.39, 0.29) is 34.0 Å². The third-order valence-electron chi connectivity index (χ3n) is 2.55. The summed E-state index contributed by atoms with van der Waals surface area (Å²) in [7, 11) is 0. The van der Waals surface area contributed by atoms with Crippen LogP contribution in [0.2, 0.25) is 0 Å². The van der Waals surface area contributed by atoms with Crippen molar-refractivity contribution in [1.29, 1.82) is 0 Å². The highest BCUT2D eigenvalue weighted by Gasteiger charge is 2.22. The third-order valence-corrected chi connectivity index (χ3v) is 2.55. The second kappa shape index (κ2) is 4.37. The van der Waals surface area contributed by atoms with Crippen LogP contribution in [0.5, 0.6) is 5.75 Å². The molecule has 0 aliphatic rings. The van der Waals surface area contributed by atoms with Crippen molar-refractivity contribution in [3.63, 3.8) is 0 Å². The molecule has 0 spiro atoms. The molecule has 0 bridgehead atoms. The Morgan fingerprint density at radius 3 is 2.74 bits per heavy atom. The number of nitrogens with zero attached hydrogens (tertiary/aromatic N) is 3. The monoisotopic (exact) mass is 263 g/mol. The first-order valence-corrected chi connectivity index (χ1v) is 5.10. The van der Waals surface area contributed by atoms with E-state index in [1.54, 1.807) is 0 Å². The van der Waals surface area contributed by atoms with Gasteiger partial charge in [-0.15, -0.1) is 0 Å². The number of aryl methyl sites for hydroxylation is 1. The molecule has 0 saturated heterocycles. The Bertz CT molecular complexity index is 679. The number of phenols is 1. The van der Waals surface area contributed by atoms with Crippen molar-refractivity contribution in [2.24, 2.45) is 5.73 Å². The molecule has 0 unspecified atom stereocenters. The summed E-state index contributed by atoms with van der Waals surface area (Å²) in [5, 5.41) is 30.1. The zero-order chi connectivity index (χ0) is 14.2. The predicted molar refractivity (Wildman–Crippen MR) is 63.4 cm³/mol. The van der Waals surface area contributed by atoms with Gasteiger partial charge in [-0.25, -0.2) is 0 Å². The second-order valence-electron chi connectivity index (χ2n) is 3.80. The van der Waals surface area contributed by atoms with Crippen molar-refractivity contribution in [2.45, 2.75) is 6.92 Å². The lowest BCUT2D eigenvalue weighted by Crippen LogP contribution is -2.12. The fourth-order valence-corrected chi connectivity index (χ4v) is 1.66. The molecule has 1 heterocycles. The molecule has 98 valence electrons. The van der Waals surface area contributed by atoms with Gasteiger partial charge in [-0.2, -0.15) is 15.4 Å². The van der Waals surface area contributed by atoms with Gasteiger partial charge in [0.1, 0.15) is 11.4 Å². The molecule has 0 fully saturated rings. The standard InChI is InChI=1S/C10H9N5O4/c1-4-2-7(16)5(3-6(4)15(18)19)8-9(10(11)17)13-14-12-8/h2-3,16H,1H3,(H2,11,17)(H,12,13,14). The fraction of sp³-hybridized carbons (Fsp3) is 0.100. The lowest BCUT2D eigenvalue weighted by atomic mass is 10.0. The molecule has 9 nitrogen and oxygen atoms in total. The summed E-state index contributed by atoms with van der Waals surface area (Å²) >= 11 is 0. The normalized spacial score (nSPS) is 10.4. The number of rotatable bonds is 3. The largest absolute Gasteiger partial charge is 0.507 e. The Kier molecular flexibility index (Phi) is 2.87. The molecule has 9 heteroatoms. The second-order valence-corrected chi connectivity index (χ2v) is 3.80. The summed E-state index contributed by atoms with van der Waals surface area (Å²) in [5.74, 6) is -1.11.